The first-order chi connectivity index (χ1) is 12.8. The van der Waals surface area contributed by atoms with Crippen LogP contribution in [-0.2, 0) is 11.3 Å². The summed E-state index contributed by atoms with van der Waals surface area (Å²) in [6.45, 7) is 5.75. The van der Waals surface area contributed by atoms with Crippen LogP contribution in [0.15, 0.2) is 29.3 Å². The summed E-state index contributed by atoms with van der Waals surface area (Å²) in [5.41, 5.74) is 7.15. The molecule has 1 heterocycles. The molecular formula is C20H33IN4O2. The van der Waals surface area contributed by atoms with Crippen molar-refractivity contribution in [3.63, 3.8) is 0 Å². The average molecular weight is 488 g/mol. The SMILES string of the molecule is I.NC(=NCc1ccccc1OCCN1CCOCC1)NC1CCCCC1. The van der Waals surface area contributed by atoms with Gasteiger partial charge in [0.1, 0.15) is 12.4 Å². The number of hydrogen-bond acceptors (Lipinski definition) is 4. The van der Waals surface area contributed by atoms with Crippen LogP contribution < -0.4 is 15.8 Å². The topological polar surface area (TPSA) is 72.1 Å². The van der Waals surface area contributed by atoms with Crippen LogP contribution in [0.5, 0.6) is 5.75 Å². The van der Waals surface area contributed by atoms with Crippen LogP contribution in [-0.4, -0.2) is 56.4 Å². The van der Waals surface area contributed by atoms with E-state index in [1.54, 1.807) is 0 Å². The van der Waals surface area contributed by atoms with Gasteiger partial charge < -0.3 is 20.5 Å². The Labute approximate surface area is 179 Å². The van der Waals surface area contributed by atoms with Crippen molar-refractivity contribution in [1.82, 2.24) is 10.2 Å². The molecule has 1 aromatic rings. The van der Waals surface area contributed by atoms with Gasteiger partial charge in [-0.05, 0) is 18.9 Å². The van der Waals surface area contributed by atoms with E-state index in [4.69, 9.17) is 15.2 Å². The van der Waals surface area contributed by atoms with Crippen molar-refractivity contribution < 1.29 is 9.47 Å². The Morgan fingerprint density at radius 2 is 1.93 bits per heavy atom. The highest BCUT2D eigenvalue weighted by atomic mass is 127. The lowest BCUT2D eigenvalue weighted by Gasteiger charge is -2.26. The Kier molecular flexibility index (Phi) is 10.2. The van der Waals surface area contributed by atoms with Crippen molar-refractivity contribution in [3.8, 4) is 5.75 Å². The van der Waals surface area contributed by atoms with E-state index in [9.17, 15) is 0 Å². The monoisotopic (exact) mass is 488 g/mol. The van der Waals surface area contributed by atoms with Crippen molar-refractivity contribution in [2.24, 2.45) is 10.7 Å². The molecule has 152 valence electrons. The van der Waals surface area contributed by atoms with Crippen molar-refractivity contribution in [2.45, 2.75) is 44.7 Å². The molecule has 3 rings (SSSR count). The van der Waals surface area contributed by atoms with Gasteiger partial charge in [-0.3, -0.25) is 4.90 Å². The van der Waals surface area contributed by atoms with Crippen molar-refractivity contribution in [2.75, 3.05) is 39.5 Å². The number of nitrogens with one attached hydrogen (secondary N) is 1. The third-order valence-electron chi connectivity index (χ3n) is 5.12. The summed E-state index contributed by atoms with van der Waals surface area (Å²) in [5.74, 6) is 1.44. The molecule has 1 aliphatic heterocycles. The fourth-order valence-electron chi connectivity index (χ4n) is 3.56. The Bertz CT molecular complexity index is 573. The van der Waals surface area contributed by atoms with Gasteiger partial charge in [-0.25, -0.2) is 4.99 Å². The molecule has 0 aromatic heterocycles. The summed E-state index contributed by atoms with van der Waals surface area (Å²) in [5, 5.41) is 3.36. The zero-order valence-electron chi connectivity index (χ0n) is 16.1. The number of nitrogens with two attached hydrogens (primary N) is 1. The Morgan fingerprint density at radius 1 is 1.19 bits per heavy atom. The highest BCUT2D eigenvalue weighted by Crippen LogP contribution is 2.19. The molecule has 3 N–H and O–H groups in total. The maximum Gasteiger partial charge on any atom is 0.189 e. The first-order valence-electron chi connectivity index (χ1n) is 9.88. The fourth-order valence-corrected chi connectivity index (χ4v) is 3.56. The Balaban J connectivity index is 0.00000261. The normalized spacial score (nSPS) is 19.3. The summed E-state index contributed by atoms with van der Waals surface area (Å²) < 4.78 is 11.4. The van der Waals surface area contributed by atoms with E-state index in [0.29, 0.717) is 25.2 Å². The van der Waals surface area contributed by atoms with Crippen LogP contribution in [0.3, 0.4) is 0 Å². The molecule has 0 unspecified atom stereocenters. The number of ether oxygens (including phenoxy) is 2. The molecular weight excluding hydrogens is 455 g/mol. The number of halogens is 1. The van der Waals surface area contributed by atoms with E-state index in [0.717, 1.165) is 44.2 Å². The number of benzene rings is 1. The van der Waals surface area contributed by atoms with Gasteiger partial charge >= 0.3 is 0 Å². The summed E-state index contributed by atoms with van der Waals surface area (Å²) in [4.78, 5) is 6.89. The van der Waals surface area contributed by atoms with Gasteiger partial charge in [0.05, 0.1) is 19.8 Å². The highest BCUT2D eigenvalue weighted by molar-refractivity contribution is 14.0. The second-order valence-electron chi connectivity index (χ2n) is 7.09. The minimum atomic E-state index is 0. The third-order valence-corrected chi connectivity index (χ3v) is 5.12. The lowest BCUT2D eigenvalue weighted by Crippen LogP contribution is -2.41. The minimum Gasteiger partial charge on any atom is -0.492 e. The highest BCUT2D eigenvalue weighted by Gasteiger charge is 2.13. The quantitative estimate of drug-likeness (QED) is 0.351. The maximum absolute atomic E-state index is 6.08. The molecule has 0 amide bonds. The van der Waals surface area contributed by atoms with E-state index < -0.39 is 0 Å². The van der Waals surface area contributed by atoms with Crippen LogP contribution >= 0.6 is 24.0 Å². The Hall–Kier alpha value is -1.06. The van der Waals surface area contributed by atoms with E-state index in [1.807, 2.05) is 18.2 Å². The molecule has 2 aliphatic rings. The summed E-state index contributed by atoms with van der Waals surface area (Å²) in [6, 6.07) is 8.56. The van der Waals surface area contributed by atoms with Crippen LogP contribution in [0.2, 0.25) is 0 Å². The molecule has 1 aromatic carbocycles. The number of hydrogen-bond donors (Lipinski definition) is 2. The summed E-state index contributed by atoms with van der Waals surface area (Å²) in [7, 11) is 0. The predicted molar refractivity (Wildman–Crippen MR) is 120 cm³/mol. The minimum absolute atomic E-state index is 0. The molecule has 1 aliphatic carbocycles. The molecule has 0 radical (unpaired) electrons. The zero-order chi connectivity index (χ0) is 18.0. The summed E-state index contributed by atoms with van der Waals surface area (Å²) in [6.07, 6.45) is 6.29. The lowest BCUT2D eigenvalue weighted by molar-refractivity contribution is 0.0322. The zero-order valence-corrected chi connectivity index (χ0v) is 18.4. The molecule has 0 atom stereocenters. The predicted octanol–water partition coefficient (Wildman–Crippen LogP) is 2.75. The maximum atomic E-state index is 6.08. The first kappa shape index (κ1) is 22.2. The van der Waals surface area contributed by atoms with Gasteiger partial charge in [0.15, 0.2) is 5.96 Å². The Morgan fingerprint density at radius 3 is 2.70 bits per heavy atom. The molecule has 7 heteroatoms. The number of morpholine rings is 1. The van der Waals surface area contributed by atoms with Crippen molar-refractivity contribution in [1.29, 1.82) is 0 Å². The average Bonchev–Trinajstić information content (AvgIpc) is 2.69. The molecule has 1 saturated heterocycles. The van der Waals surface area contributed by atoms with Crippen LogP contribution in [0.1, 0.15) is 37.7 Å². The standard InChI is InChI=1S/C20H32N4O2.HI/c21-20(23-18-7-2-1-3-8-18)22-16-17-6-4-5-9-19(17)26-15-12-24-10-13-25-14-11-24;/h4-6,9,18H,1-3,7-8,10-16H2,(H3,21,22,23);1H. The van der Waals surface area contributed by atoms with Crippen LogP contribution in [0.25, 0.3) is 0 Å². The number of nitrogens with zero attached hydrogens (tertiary/aromatic N) is 2. The first-order valence-corrected chi connectivity index (χ1v) is 9.88. The summed E-state index contributed by atoms with van der Waals surface area (Å²) >= 11 is 0. The smallest absolute Gasteiger partial charge is 0.189 e. The third kappa shape index (κ3) is 7.83. The van der Waals surface area contributed by atoms with Crippen LogP contribution in [0.4, 0.5) is 0 Å². The van der Waals surface area contributed by atoms with Gasteiger partial charge in [0, 0.05) is 31.2 Å². The van der Waals surface area contributed by atoms with Gasteiger partial charge in [0.25, 0.3) is 0 Å². The molecule has 0 spiro atoms. The lowest BCUT2D eigenvalue weighted by atomic mass is 9.96. The number of guanidine groups is 1. The number of aliphatic imine (C=N–C) groups is 1. The van der Waals surface area contributed by atoms with E-state index >= 15 is 0 Å². The van der Waals surface area contributed by atoms with Gasteiger partial charge in [0.2, 0.25) is 0 Å². The van der Waals surface area contributed by atoms with Crippen molar-refractivity contribution in [3.05, 3.63) is 29.8 Å². The molecule has 1 saturated carbocycles. The van der Waals surface area contributed by atoms with Gasteiger partial charge in [-0.1, -0.05) is 37.5 Å². The molecule has 2 fully saturated rings. The largest absolute Gasteiger partial charge is 0.492 e. The second-order valence-corrected chi connectivity index (χ2v) is 7.09. The van der Waals surface area contributed by atoms with E-state index in [1.165, 1.54) is 32.1 Å². The molecule has 6 nitrogen and oxygen atoms in total. The van der Waals surface area contributed by atoms with Crippen LogP contribution in [0, 0.1) is 0 Å². The fraction of sp³-hybridized carbons (Fsp3) is 0.650. The number of rotatable bonds is 7. The van der Waals surface area contributed by atoms with E-state index in [2.05, 4.69) is 21.3 Å². The van der Waals surface area contributed by atoms with Gasteiger partial charge in [-0.2, -0.15) is 0 Å². The number of para-hydroxylation sites is 1. The molecule has 0 bridgehead atoms. The van der Waals surface area contributed by atoms with E-state index in [-0.39, 0.29) is 24.0 Å². The van der Waals surface area contributed by atoms with Gasteiger partial charge in [-0.15, -0.1) is 24.0 Å². The van der Waals surface area contributed by atoms with Crippen molar-refractivity contribution >= 4 is 29.9 Å². The second kappa shape index (κ2) is 12.4. The molecule has 27 heavy (non-hydrogen) atoms.